The lowest BCUT2D eigenvalue weighted by molar-refractivity contribution is -0.131. The van der Waals surface area contributed by atoms with E-state index in [2.05, 4.69) is 5.32 Å². The van der Waals surface area contributed by atoms with Gasteiger partial charge in [0.1, 0.15) is 11.6 Å². The zero-order valence-corrected chi connectivity index (χ0v) is 12.7. The molecule has 1 aliphatic rings. The summed E-state index contributed by atoms with van der Waals surface area (Å²) in [6.45, 7) is 3.45. The fraction of sp³-hybridized carbons (Fsp3) is 0.235. The number of benzene rings is 2. The molecule has 2 aromatic rings. The van der Waals surface area contributed by atoms with E-state index in [-0.39, 0.29) is 11.7 Å². The van der Waals surface area contributed by atoms with Gasteiger partial charge in [0.15, 0.2) is 5.60 Å². The number of fused-ring (bicyclic) bond motifs is 1. The second kappa shape index (κ2) is 5.02. The Morgan fingerprint density at radius 1 is 1.14 bits per heavy atom. The molecular formula is C17H17FN2O2. The Kier molecular flexibility index (Phi) is 3.28. The summed E-state index contributed by atoms with van der Waals surface area (Å²) in [4.78, 5) is 14.3. The molecule has 0 bridgehead atoms. The Balaban J connectivity index is 2.16. The fourth-order valence-electron chi connectivity index (χ4n) is 2.48. The Bertz CT molecular complexity index is 726. The third kappa shape index (κ3) is 2.28. The molecule has 0 fully saturated rings. The molecule has 0 aromatic heterocycles. The summed E-state index contributed by atoms with van der Waals surface area (Å²) < 4.78 is 19.0. The first-order valence-electron chi connectivity index (χ1n) is 7.03. The van der Waals surface area contributed by atoms with Crippen LogP contribution in [0.25, 0.3) is 0 Å². The number of ether oxygens (including phenoxy) is 1. The minimum atomic E-state index is -0.992. The summed E-state index contributed by atoms with van der Waals surface area (Å²) in [5.74, 6) is 0.0825. The van der Waals surface area contributed by atoms with Crippen molar-refractivity contribution in [2.24, 2.45) is 0 Å². The van der Waals surface area contributed by atoms with E-state index in [4.69, 9.17) is 4.74 Å². The Labute approximate surface area is 128 Å². The summed E-state index contributed by atoms with van der Waals surface area (Å²) in [6.07, 6.45) is 0. The van der Waals surface area contributed by atoms with Gasteiger partial charge in [-0.3, -0.25) is 9.69 Å². The van der Waals surface area contributed by atoms with Gasteiger partial charge in [0.2, 0.25) is 0 Å². The maximum absolute atomic E-state index is 13.2. The smallest absolute Gasteiger partial charge is 0.275 e. The molecule has 3 rings (SSSR count). The van der Waals surface area contributed by atoms with Crippen LogP contribution in [0.3, 0.4) is 0 Å². The lowest BCUT2D eigenvalue weighted by Gasteiger charge is -2.38. The highest BCUT2D eigenvalue weighted by Crippen LogP contribution is 2.43. The Hall–Kier alpha value is -2.56. The van der Waals surface area contributed by atoms with Crippen LogP contribution in [0, 0.1) is 5.82 Å². The number of amides is 1. The molecule has 5 heteroatoms. The maximum Gasteiger partial charge on any atom is 0.275 e. The number of hydrogen-bond donors (Lipinski definition) is 1. The van der Waals surface area contributed by atoms with Crippen molar-refractivity contribution < 1.29 is 13.9 Å². The van der Waals surface area contributed by atoms with Crippen LogP contribution in [0.15, 0.2) is 42.5 Å². The average molecular weight is 300 g/mol. The van der Waals surface area contributed by atoms with Crippen LogP contribution in [0.4, 0.5) is 21.5 Å². The van der Waals surface area contributed by atoms with Gasteiger partial charge in [-0.25, -0.2) is 4.39 Å². The molecule has 0 spiro atoms. The predicted octanol–water partition coefficient (Wildman–Crippen LogP) is 3.70. The van der Waals surface area contributed by atoms with Crippen LogP contribution >= 0.6 is 0 Å². The van der Waals surface area contributed by atoms with Crippen molar-refractivity contribution in [3.05, 3.63) is 48.3 Å². The van der Waals surface area contributed by atoms with E-state index in [1.54, 1.807) is 30.9 Å². The summed E-state index contributed by atoms with van der Waals surface area (Å²) in [7, 11) is 1.82. The van der Waals surface area contributed by atoms with Gasteiger partial charge < -0.3 is 10.1 Å². The van der Waals surface area contributed by atoms with E-state index in [9.17, 15) is 9.18 Å². The topological polar surface area (TPSA) is 41.6 Å². The van der Waals surface area contributed by atoms with Crippen molar-refractivity contribution >= 4 is 23.0 Å². The van der Waals surface area contributed by atoms with Crippen molar-refractivity contribution in [1.29, 1.82) is 0 Å². The monoisotopic (exact) mass is 300 g/mol. The highest BCUT2D eigenvalue weighted by atomic mass is 19.1. The molecule has 0 radical (unpaired) electrons. The lowest BCUT2D eigenvalue weighted by atomic mass is 10.0. The first-order chi connectivity index (χ1) is 10.4. The van der Waals surface area contributed by atoms with Gasteiger partial charge in [0.25, 0.3) is 5.91 Å². The maximum atomic E-state index is 13.2. The van der Waals surface area contributed by atoms with Crippen molar-refractivity contribution in [3.63, 3.8) is 0 Å². The van der Waals surface area contributed by atoms with E-state index >= 15 is 0 Å². The van der Waals surface area contributed by atoms with Gasteiger partial charge in [-0.05, 0) is 50.2 Å². The van der Waals surface area contributed by atoms with E-state index in [1.807, 2.05) is 25.2 Å². The number of carbonyl (C=O) groups is 1. The highest BCUT2D eigenvalue weighted by Gasteiger charge is 2.41. The molecule has 4 nitrogen and oxygen atoms in total. The van der Waals surface area contributed by atoms with Crippen molar-refractivity contribution in [2.75, 3.05) is 17.3 Å². The second-order valence-electron chi connectivity index (χ2n) is 5.66. The largest absolute Gasteiger partial charge is 0.476 e. The van der Waals surface area contributed by atoms with E-state index in [0.717, 1.165) is 5.69 Å². The molecule has 1 aliphatic heterocycles. The highest BCUT2D eigenvalue weighted by molar-refractivity contribution is 6.08. The minimum absolute atomic E-state index is 0.191. The summed E-state index contributed by atoms with van der Waals surface area (Å²) in [6, 6.07) is 11.4. The molecule has 1 heterocycles. The fourth-order valence-corrected chi connectivity index (χ4v) is 2.48. The Morgan fingerprint density at radius 2 is 1.82 bits per heavy atom. The normalized spacial score (nSPS) is 16.0. The number of nitrogens with zero attached hydrogens (tertiary/aromatic N) is 1. The predicted molar refractivity (Wildman–Crippen MR) is 84.2 cm³/mol. The molecule has 22 heavy (non-hydrogen) atoms. The third-order valence-electron chi connectivity index (χ3n) is 3.66. The van der Waals surface area contributed by atoms with Gasteiger partial charge in [-0.15, -0.1) is 0 Å². The number of hydrogen-bond acceptors (Lipinski definition) is 3. The van der Waals surface area contributed by atoms with Gasteiger partial charge in [0, 0.05) is 24.5 Å². The van der Waals surface area contributed by atoms with Gasteiger partial charge >= 0.3 is 0 Å². The van der Waals surface area contributed by atoms with Crippen LogP contribution in [0.1, 0.15) is 13.8 Å². The molecule has 1 amide bonds. The quantitative estimate of drug-likeness (QED) is 0.919. The summed E-state index contributed by atoms with van der Waals surface area (Å²) in [5, 5.41) is 3.04. The minimum Gasteiger partial charge on any atom is -0.476 e. The molecule has 1 N–H and O–H groups in total. The number of rotatable bonds is 2. The standard InChI is InChI=1S/C17H17FN2O2/c1-17(2)16(21)20(13-7-4-11(18)5-8-13)14-9-6-12(19-3)10-15(14)22-17/h4-10,19H,1-3H3. The van der Waals surface area contributed by atoms with Crippen LogP contribution in [-0.4, -0.2) is 18.6 Å². The molecule has 0 unspecified atom stereocenters. The number of anilines is 3. The molecule has 2 aromatic carbocycles. The van der Waals surface area contributed by atoms with Crippen molar-refractivity contribution in [1.82, 2.24) is 0 Å². The van der Waals surface area contributed by atoms with E-state index in [1.165, 1.54) is 12.1 Å². The molecule has 0 aliphatic carbocycles. The Morgan fingerprint density at radius 3 is 2.45 bits per heavy atom. The number of nitrogens with one attached hydrogen (secondary N) is 1. The molecule has 114 valence electrons. The van der Waals surface area contributed by atoms with Gasteiger partial charge in [0.05, 0.1) is 5.69 Å². The lowest BCUT2D eigenvalue weighted by Crippen LogP contribution is -2.50. The van der Waals surface area contributed by atoms with E-state index < -0.39 is 5.60 Å². The first-order valence-corrected chi connectivity index (χ1v) is 7.03. The van der Waals surface area contributed by atoms with Crippen molar-refractivity contribution in [3.8, 4) is 5.75 Å². The molecule has 0 saturated heterocycles. The zero-order chi connectivity index (χ0) is 15.9. The summed E-state index contributed by atoms with van der Waals surface area (Å²) >= 11 is 0. The van der Waals surface area contributed by atoms with Gasteiger partial charge in [-0.1, -0.05) is 0 Å². The molecule has 0 saturated carbocycles. The summed E-state index contributed by atoms with van der Waals surface area (Å²) in [5.41, 5.74) is 1.16. The van der Waals surface area contributed by atoms with Crippen LogP contribution in [-0.2, 0) is 4.79 Å². The zero-order valence-electron chi connectivity index (χ0n) is 12.7. The van der Waals surface area contributed by atoms with Crippen LogP contribution < -0.4 is 15.0 Å². The van der Waals surface area contributed by atoms with E-state index in [0.29, 0.717) is 17.1 Å². The molecular weight excluding hydrogens is 283 g/mol. The SMILES string of the molecule is CNc1ccc2c(c1)OC(C)(C)C(=O)N2c1ccc(F)cc1. The van der Waals surface area contributed by atoms with Crippen molar-refractivity contribution in [2.45, 2.75) is 19.4 Å². The third-order valence-corrected chi connectivity index (χ3v) is 3.66. The average Bonchev–Trinajstić information content (AvgIpc) is 2.49. The first kappa shape index (κ1) is 14.4. The number of carbonyl (C=O) groups excluding carboxylic acids is 1. The van der Waals surface area contributed by atoms with Crippen LogP contribution in [0.2, 0.25) is 0 Å². The number of halogens is 1. The molecule has 0 atom stereocenters. The van der Waals surface area contributed by atoms with Gasteiger partial charge in [-0.2, -0.15) is 0 Å². The second-order valence-corrected chi connectivity index (χ2v) is 5.66. The van der Waals surface area contributed by atoms with Crippen LogP contribution in [0.5, 0.6) is 5.75 Å².